The van der Waals surface area contributed by atoms with Gasteiger partial charge in [-0.05, 0) is 6.42 Å². The number of anilines is 1. The molecule has 0 radical (unpaired) electrons. The fourth-order valence-corrected chi connectivity index (χ4v) is 2.09. The van der Waals surface area contributed by atoms with E-state index in [1.807, 2.05) is 0 Å². The monoisotopic (exact) mass is 272 g/mol. The van der Waals surface area contributed by atoms with Crippen LogP contribution in [0.2, 0.25) is 0 Å². The number of nitrogens with zero attached hydrogens (tertiary/aromatic N) is 2. The molecule has 1 aromatic rings. The highest BCUT2D eigenvalue weighted by atomic mass is 16.6. The normalized spacial score (nSPS) is 30.7. The lowest BCUT2D eigenvalue weighted by molar-refractivity contribution is -0.0414. The Morgan fingerprint density at radius 1 is 1.47 bits per heavy atom. The third-order valence-corrected chi connectivity index (χ3v) is 3.09. The van der Waals surface area contributed by atoms with Crippen LogP contribution in [0.3, 0.4) is 0 Å². The minimum Gasteiger partial charge on any atom is -0.396 e. The first-order valence-corrected chi connectivity index (χ1v) is 5.72. The zero-order valence-electron chi connectivity index (χ0n) is 10.0. The minimum atomic E-state index is -1.24. The van der Waals surface area contributed by atoms with E-state index in [1.165, 1.54) is 10.9 Å². The van der Waals surface area contributed by atoms with Crippen molar-refractivity contribution in [2.75, 3.05) is 12.3 Å². The van der Waals surface area contributed by atoms with Crippen LogP contribution in [0.4, 0.5) is 5.82 Å². The Morgan fingerprint density at radius 2 is 2.16 bits per heavy atom. The number of nitrogens with two attached hydrogens (primary N) is 2. The molecule has 19 heavy (non-hydrogen) atoms. The van der Waals surface area contributed by atoms with Crippen molar-refractivity contribution < 1.29 is 24.9 Å². The number of rotatable bonds is 4. The third kappa shape index (κ3) is 2.28. The summed E-state index contributed by atoms with van der Waals surface area (Å²) in [6.07, 6.45) is -2.72. The van der Waals surface area contributed by atoms with Gasteiger partial charge in [-0.1, -0.05) is 0 Å². The summed E-state index contributed by atoms with van der Waals surface area (Å²) in [6.45, 7) is -0.187. The molecule has 0 aliphatic carbocycles. The summed E-state index contributed by atoms with van der Waals surface area (Å²) in [7, 11) is 0. The first-order valence-electron chi connectivity index (χ1n) is 5.72. The number of aromatic nitrogens is 2. The van der Waals surface area contributed by atoms with E-state index in [2.05, 4.69) is 4.98 Å². The zero-order chi connectivity index (χ0) is 14.2. The number of imidazole rings is 1. The Hall–Kier alpha value is -1.68. The van der Waals surface area contributed by atoms with Gasteiger partial charge in [0.1, 0.15) is 18.0 Å². The molecule has 2 rings (SSSR count). The fraction of sp³-hybridized carbons (Fsp3) is 0.600. The van der Waals surface area contributed by atoms with Gasteiger partial charge in [0.15, 0.2) is 11.9 Å². The Labute approximate surface area is 108 Å². The molecule has 106 valence electrons. The molecule has 0 bridgehead atoms. The maximum atomic E-state index is 11.0. The number of amides is 1. The van der Waals surface area contributed by atoms with E-state index in [9.17, 15) is 15.0 Å². The van der Waals surface area contributed by atoms with Crippen LogP contribution in [-0.2, 0) is 4.74 Å². The molecule has 1 aromatic heterocycles. The topological polar surface area (TPSA) is 157 Å². The molecular weight excluding hydrogens is 256 g/mol. The van der Waals surface area contributed by atoms with Gasteiger partial charge in [-0.3, -0.25) is 9.36 Å². The van der Waals surface area contributed by atoms with Crippen LogP contribution in [0, 0.1) is 0 Å². The van der Waals surface area contributed by atoms with Gasteiger partial charge in [0.2, 0.25) is 0 Å². The number of aliphatic hydroxyl groups excluding tert-OH is 3. The van der Waals surface area contributed by atoms with Gasteiger partial charge < -0.3 is 31.5 Å². The number of primary amides is 1. The number of hydrogen-bond acceptors (Lipinski definition) is 7. The van der Waals surface area contributed by atoms with Crippen LogP contribution in [-0.4, -0.2) is 55.7 Å². The molecule has 9 heteroatoms. The van der Waals surface area contributed by atoms with Crippen molar-refractivity contribution in [1.29, 1.82) is 0 Å². The Balaban J connectivity index is 2.25. The molecule has 4 atom stereocenters. The van der Waals surface area contributed by atoms with Crippen molar-refractivity contribution in [3.05, 3.63) is 12.0 Å². The molecule has 0 spiro atoms. The number of ether oxygens (including phenoxy) is 1. The molecule has 1 saturated heterocycles. The average molecular weight is 272 g/mol. The molecule has 0 saturated carbocycles. The predicted octanol–water partition coefficient (Wildman–Crippen LogP) is -2.43. The average Bonchev–Trinajstić information content (AvgIpc) is 2.85. The molecule has 1 fully saturated rings. The molecule has 9 nitrogen and oxygen atoms in total. The second-order valence-electron chi connectivity index (χ2n) is 4.31. The van der Waals surface area contributed by atoms with Gasteiger partial charge in [0, 0.05) is 6.61 Å². The van der Waals surface area contributed by atoms with Crippen molar-refractivity contribution in [3.8, 4) is 0 Å². The number of aliphatic hydroxyl groups is 3. The fourth-order valence-electron chi connectivity index (χ4n) is 2.09. The summed E-state index contributed by atoms with van der Waals surface area (Å²) in [5.74, 6) is -0.843. The maximum Gasteiger partial charge on any atom is 0.271 e. The van der Waals surface area contributed by atoms with Crippen molar-refractivity contribution >= 4 is 11.7 Å². The smallest absolute Gasteiger partial charge is 0.271 e. The summed E-state index contributed by atoms with van der Waals surface area (Å²) in [5.41, 5.74) is 10.6. The van der Waals surface area contributed by atoms with Crippen molar-refractivity contribution in [2.24, 2.45) is 5.73 Å². The molecule has 1 amide bonds. The lowest BCUT2D eigenvalue weighted by atomic mass is 10.1. The number of hydrogen-bond donors (Lipinski definition) is 5. The highest BCUT2D eigenvalue weighted by Crippen LogP contribution is 2.32. The van der Waals surface area contributed by atoms with Crippen molar-refractivity contribution in [3.63, 3.8) is 0 Å². The molecule has 2 heterocycles. The summed E-state index contributed by atoms with van der Waals surface area (Å²) in [4.78, 5) is 14.8. The van der Waals surface area contributed by atoms with E-state index in [4.69, 9.17) is 21.3 Å². The van der Waals surface area contributed by atoms with E-state index >= 15 is 0 Å². The van der Waals surface area contributed by atoms with Gasteiger partial charge >= 0.3 is 0 Å². The largest absolute Gasteiger partial charge is 0.396 e. The predicted molar refractivity (Wildman–Crippen MR) is 62.8 cm³/mol. The molecule has 0 aromatic carbocycles. The maximum absolute atomic E-state index is 11.0. The second kappa shape index (κ2) is 5.13. The summed E-state index contributed by atoms with van der Waals surface area (Å²) < 4.78 is 6.64. The van der Waals surface area contributed by atoms with E-state index in [0.717, 1.165) is 0 Å². The van der Waals surface area contributed by atoms with Gasteiger partial charge in [-0.25, -0.2) is 4.98 Å². The summed E-state index contributed by atoms with van der Waals surface area (Å²) >= 11 is 0. The second-order valence-corrected chi connectivity index (χ2v) is 4.31. The van der Waals surface area contributed by atoms with Gasteiger partial charge in [-0.15, -0.1) is 0 Å². The molecule has 1 aliphatic heterocycles. The Morgan fingerprint density at radius 3 is 2.68 bits per heavy atom. The highest BCUT2D eigenvalue weighted by Gasteiger charge is 2.44. The van der Waals surface area contributed by atoms with Crippen LogP contribution < -0.4 is 11.5 Å². The Kier molecular flexibility index (Phi) is 3.71. The van der Waals surface area contributed by atoms with E-state index < -0.39 is 30.4 Å². The number of nitrogen functional groups attached to an aromatic ring is 1. The molecule has 7 N–H and O–H groups in total. The van der Waals surface area contributed by atoms with Gasteiger partial charge in [0.25, 0.3) is 5.91 Å². The quantitative estimate of drug-likeness (QED) is 0.407. The van der Waals surface area contributed by atoms with Crippen LogP contribution in [0.25, 0.3) is 0 Å². The van der Waals surface area contributed by atoms with Crippen molar-refractivity contribution in [2.45, 2.75) is 31.0 Å². The number of carbonyl (C=O) groups excluding carboxylic acids is 1. The van der Waals surface area contributed by atoms with Crippen LogP contribution in [0.5, 0.6) is 0 Å². The van der Waals surface area contributed by atoms with E-state index in [0.29, 0.717) is 0 Å². The molecular formula is C10H16N4O5. The SMILES string of the molecule is NC(=O)c1ncn([C@@H]2O[C@H](CCO)[C@@H](O)[C@H]2O)c1N. The van der Waals surface area contributed by atoms with Gasteiger partial charge in [0.05, 0.1) is 12.4 Å². The lowest BCUT2D eigenvalue weighted by Crippen LogP contribution is -2.32. The molecule has 0 unspecified atom stereocenters. The standard InChI is InChI=1S/C10H16N4O5/c11-8-5(9(12)18)13-3-14(8)10-7(17)6(16)4(19-10)1-2-15/h3-4,6-7,10,15-17H,1-2,11H2,(H2,12,18)/t4-,6-,7-,10-/m1/s1. The van der Waals surface area contributed by atoms with Crippen LogP contribution >= 0.6 is 0 Å². The van der Waals surface area contributed by atoms with Crippen LogP contribution in [0.1, 0.15) is 23.1 Å². The zero-order valence-corrected chi connectivity index (χ0v) is 10.0. The van der Waals surface area contributed by atoms with E-state index in [1.54, 1.807) is 0 Å². The van der Waals surface area contributed by atoms with Crippen LogP contribution in [0.15, 0.2) is 6.33 Å². The summed E-state index contributed by atoms with van der Waals surface area (Å²) in [5, 5.41) is 28.5. The van der Waals surface area contributed by atoms with Gasteiger partial charge in [-0.2, -0.15) is 0 Å². The molecule has 1 aliphatic rings. The Bertz CT molecular complexity index is 476. The third-order valence-electron chi connectivity index (χ3n) is 3.09. The minimum absolute atomic E-state index is 0.0478. The van der Waals surface area contributed by atoms with E-state index in [-0.39, 0.29) is 24.5 Å². The highest BCUT2D eigenvalue weighted by molar-refractivity contribution is 5.95. The van der Waals surface area contributed by atoms with Crippen molar-refractivity contribution in [1.82, 2.24) is 9.55 Å². The lowest BCUT2D eigenvalue weighted by Gasteiger charge is -2.17. The summed E-state index contributed by atoms with van der Waals surface area (Å²) in [6, 6.07) is 0. The first kappa shape index (κ1) is 13.7. The number of carbonyl (C=O) groups is 1. The first-order chi connectivity index (χ1) is 8.97.